The molecular weight excluding hydrogens is 330 g/mol. The fourth-order valence-corrected chi connectivity index (χ4v) is 2.99. The Bertz CT molecular complexity index is 949. The Hall–Kier alpha value is -2.66. The van der Waals surface area contributed by atoms with E-state index in [1.54, 1.807) is 18.0 Å². The molecule has 126 valence electrons. The van der Waals surface area contributed by atoms with Crippen LogP contribution in [0.2, 0.25) is 0 Å². The number of aromatic nitrogens is 1. The van der Waals surface area contributed by atoms with E-state index in [1.807, 2.05) is 68.6 Å². The molecule has 4 nitrogen and oxygen atoms in total. The molecule has 5 heteroatoms. The van der Waals surface area contributed by atoms with Crippen LogP contribution in [0.4, 0.5) is 0 Å². The van der Waals surface area contributed by atoms with E-state index in [1.165, 1.54) is 4.90 Å². The minimum Gasteiger partial charge on any atom is -0.267 e. The molecular formula is C20H19N3OS. The Morgan fingerprint density at radius 2 is 1.92 bits per heavy atom. The summed E-state index contributed by atoms with van der Waals surface area (Å²) in [5, 5.41) is 5.00. The van der Waals surface area contributed by atoms with E-state index in [-0.39, 0.29) is 5.91 Å². The molecule has 0 spiro atoms. The second-order valence-corrected chi connectivity index (χ2v) is 6.62. The van der Waals surface area contributed by atoms with Crippen molar-refractivity contribution < 1.29 is 4.79 Å². The van der Waals surface area contributed by atoms with Gasteiger partial charge in [0.25, 0.3) is 5.91 Å². The Morgan fingerprint density at radius 3 is 2.64 bits per heavy atom. The van der Waals surface area contributed by atoms with E-state index in [0.29, 0.717) is 11.3 Å². The number of rotatable bonds is 4. The average molecular weight is 349 g/mol. The first-order chi connectivity index (χ1) is 12.1. The lowest BCUT2D eigenvalue weighted by atomic mass is 10.1. The average Bonchev–Trinajstić information content (AvgIpc) is 2.62. The van der Waals surface area contributed by atoms with Gasteiger partial charge in [0.05, 0.1) is 23.0 Å². The van der Waals surface area contributed by atoms with Crippen molar-refractivity contribution >= 4 is 34.8 Å². The normalized spacial score (nSPS) is 11.2. The summed E-state index contributed by atoms with van der Waals surface area (Å²) in [7, 11) is 0. The Labute approximate surface area is 151 Å². The van der Waals surface area contributed by atoms with Crippen molar-refractivity contribution in [3.8, 4) is 0 Å². The van der Waals surface area contributed by atoms with Gasteiger partial charge in [-0.25, -0.2) is 5.43 Å². The molecule has 0 saturated heterocycles. The fraction of sp³-hybridized carbons (Fsp3) is 0.150. The van der Waals surface area contributed by atoms with Gasteiger partial charge in [-0.2, -0.15) is 5.10 Å². The van der Waals surface area contributed by atoms with Crippen LogP contribution in [0.3, 0.4) is 0 Å². The van der Waals surface area contributed by atoms with Gasteiger partial charge in [-0.05, 0) is 49.4 Å². The Kier molecular flexibility index (Phi) is 5.14. The van der Waals surface area contributed by atoms with Crippen molar-refractivity contribution in [2.75, 3.05) is 6.26 Å². The van der Waals surface area contributed by atoms with Crippen molar-refractivity contribution in [1.29, 1.82) is 0 Å². The molecule has 1 heterocycles. The largest absolute Gasteiger partial charge is 0.273 e. The summed E-state index contributed by atoms with van der Waals surface area (Å²) < 4.78 is 0. The SMILES string of the molecule is CSc1ccc(/C=N\NC(=O)c2cc3cccc(C)c3nc2C)cc1. The number of nitrogens with zero attached hydrogens (tertiary/aromatic N) is 2. The van der Waals surface area contributed by atoms with E-state index in [0.717, 1.165) is 22.0 Å². The lowest BCUT2D eigenvalue weighted by Gasteiger charge is -2.07. The molecule has 1 aromatic heterocycles. The number of benzene rings is 2. The molecule has 0 radical (unpaired) electrons. The maximum Gasteiger partial charge on any atom is 0.273 e. The van der Waals surface area contributed by atoms with Crippen LogP contribution in [0.15, 0.2) is 58.5 Å². The van der Waals surface area contributed by atoms with E-state index in [4.69, 9.17) is 0 Å². The lowest BCUT2D eigenvalue weighted by Crippen LogP contribution is -2.19. The predicted octanol–water partition coefficient (Wildman–Crippen LogP) is 4.34. The van der Waals surface area contributed by atoms with E-state index < -0.39 is 0 Å². The number of hydrazone groups is 1. The van der Waals surface area contributed by atoms with Crippen molar-refractivity contribution in [2.45, 2.75) is 18.7 Å². The van der Waals surface area contributed by atoms with Gasteiger partial charge in [-0.3, -0.25) is 9.78 Å². The zero-order valence-electron chi connectivity index (χ0n) is 14.4. The van der Waals surface area contributed by atoms with Gasteiger partial charge in [-0.15, -0.1) is 11.8 Å². The van der Waals surface area contributed by atoms with Crippen LogP contribution in [0, 0.1) is 13.8 Å². The number of thioether (sulfide) groups is 1. The first-order valence-corrected chi connectivity index (χ1v) is 9.15. The minimum atomic E-state index is -0.259. The molecule has 0 atom stereocenters. The summed E-state index contributed by atoms with van der Waals surface area (Å²) in [6.07, 6.45) is 3.67. The molecule has 3 aromatic rings. The summed E-state index contributed by atoms with van der Waals surface area (Å²) in [5.41, 5.74) is 6.76. The zero-order chi connectivity index (χ0) is 17.8. The van der Waals surface area contributed by atoms with E-state index in [9.17, 15) is 4.79 Å². The van der Waals surface area contributed by atoms with Crippen LogP contribution >= 0.6 is 11.8 Å². The number of para-hydroxylation sites is 1. The highest BCUT2D eigenvalue weighted by atomic mass is 32.2. The zero-order valence-corrected chi connectivity index (χ0v) is 15.2. The molecule has 0 aliphatic carbocycles. The van der Waals surface area contributed by atoms with Crippen LogP contribution in [0.1, 0.15) is 27.2 Å². The molecule has 2 aromatic carbocycles. The highest BCUT2D eigenvalue weighted by Crippen LogP contribution is 2.19. The molecule has 1 N–H and O–H groups in total. The second-order valence-electron chi connectivity index (χ2n) is 5.74. The first kappa shape index (κ1) is 17.2. The van der Waals surface area contributed by atoms with Crippen LogP contribution in [-0.2, 0) is 0 Å². The quantitative estimate of drug-likeness (QED) is 0.433. The molecule has 0 bridgehead atoms. The van der Waals surface area contributed by atoms with Crippen molar-refractivity contribution in [3.05, 3.63) is 70.9 Å². The van der Waals surface area contributed by atoms with Gasteiger partial charge in [0, 0.05) is 10.3 Å². The summed E-state index contributed by atoms with van der Waals surface area (Å²) in [5.74, 6) is -0.259. The topological polar surface area (TPSA) is 54.4 Å². The molecule has 0 aliphatic rings. The lowest BCUT2D eigenvalue weighted by molar-refractivity contribution is 0.0954. The highest BCUT2D eigenvalue weighted by Gasteiger charge is 2.11. The molecule has 1 amide bonds. The number of nitrogens with one attached hydrogen (secondary N) is 1. The number of carbonyl (C=O) groups is 1. The van der Waals surface area contributed by atoms with Gasteiger partial charge in [0.1, 0.15) is 0 Å². The second kappa shape index (κ2) is 7.49. The van der Waals surface area contributed by atoms with Crippen LogP contribution in [0.5, 0.6) is 0 Å². The van der Waals surface area contributed by atoms with Gasteiger partial charge in [0.2, 0.25) is 0 Å². The van der Waals surface area contributed by atoms with Crippen LogP contribution in [0.25, 0.3) is 10.9 Å². The van der Waals surface area contributed by atoms with Gasteiger partial charge >= 0.3 is 0 Å². The third-order valence-electron chi connectivity index (χ3n) is 3.98. The third kappa shape index (κ3) is 3.88. The number of aryl methyl sites for hydroxylation is 2. The molecule has 0 unspecified atom stereocenters. The maximum absolute atomic E-state index is 12.4. The molecule has 0 fully saturated rings. The summed E-state index contributed by atoms with van der Waals surface area (Å²) >= 11 is 1.69. The van der Waals surface area contributed by atoms with Crippen molar-refractivity contribution in [2.24, 2.45) is 5.10 Å². The number of fused-ring (bicyclic) bond motifs is 1. The third-order valence-corrected chi connectivity index (χ3v) is 4.72. The molecule has 3 rings (SSSR count). The van der Waals surface area contributed by atoms with Gasteiger partial charge in [0.15, 0.2) is 0 Å². The number of carbonyl (C=O) groups excluding carboxylic acids is 1. The number of hydrogen-bond donors (Lipinski definition) is 1. The van der Waals surface area contributed by atoms with Crippen molar-refractivity contribution in [3.63, 3.8) is 0 Å². The summed E-state index contributed by atoms with van der Waals surface area (Å²) in [6.45, 7) is 3.85. The number of amides is 1. The molecule has 25 heavy (non-hydrogen) atoms. The van der Waals surface area contributed by atoms with Crippen LogP contribution in [-0.4, -0.2) is 23.4 Å². The summed E-state index contributed by atoms with van der Waals surface area (Å²) in [4.78, 5) is 18.2. The smallest absolute Gasteiger partial charge is 0.267 e. The number of hydrogen-bond acceptors (Lipinski definition) is 4. The Balaban J connectivity index is 1.77. The van der Waals surface area contributed by atoms with E-state index in [2.05, 4.69) is 15.5 Å². The molecule has 0 aliphatic heterocycles. The first-order valence-electron chi connectivity index (χ1n) is 7.93. The fourth-order valence-electron chi connectivity index (χ4n) is 2.58. The predicted molar refractivity (Wildman–Crippen MR) is 105 cm³/mol. The Morgan fingerprint density at radius 1 is 1.16 bits per heavy atom. The van der Waals surface area contributed by atoms with Crippen molar-refractivity contribution in [1.82, 2.24) is 10.4 Å². The highest BCUT2D eigenvalue weighted by molar-refractivity contribution is 7.98. The maximum atomic E-state index is 12.4. The monoisotopic (exact) mass is 349 g/mol. The van der Waals surface area contributed by atoms with Crippen LogP contribution < -0.4 is 5.43 Å². The van der Waals surface area contributed by atoms with Gasteiger partial charge in [-0.1, -0.05) is 30.3 Å². The standard InChI is InChI=1S/C20H19N3OS/c1-13-5-4-6-16-11-18(14(2)22-19(13)16)20(24)23-21-12-15-7-9-17(25-3)10-8-15/h4-12H,1-3H3,(H,23,24)/b21-12-. The summed E-state index contributed by atoms with van der Waals surface area (Å²) in [6, 6.07) is 15.8. The van der Waals surface area contributed by atoms with E-state index >= 15 is 0 Å². The molecule has 0 saturated carbocycles. The van der Waals surface area contributed by atoms with Gasteiger partial charge < -0.3 is 0 Å². The minimum absolute atomic E-state index is 0.259. The number of pyridine rings is 1.